The summed E-state index contributed by atoms with van der Waals surface area (Å²) in [6.07, 6.45) is 0. The maximum absolute atomic E-state index is 11.2. The molecule has 0 aliphatic heterocycles. The third-order valence-corrected chi connectivity index (χ3v) is 2.46. The normalized spacial score (nSPS) is 10.6. The van der Waals surface area contributed by atoms with Crippen molar-refractivity contribution in [2.24, 2.45) is 0 Å². The van der Waals surface area contributed by atoms with Crippen molar-refractivity contribution >= 4 is 22.3 Å². The Morgan fingerprint density at radius 3 is 2.81 bits per heavy atom. The average Bonchev–Trinajstić information content (AvgIpc) is 2.70. The zero-order valence-corrected chi connectivity index (χ0v) is 8.99. The van der Waals surface area contributed by atoms with Crippen molar-refractivity contribution in [1.82, 2.24) is 0 Å². The van der Waals surface area contributed by atoms with Crippen LogP contribution in [0.2, 0.25) is 0 Å². The van der Waals surface area contributed by atoms with E-state index in [-0.39, 0.29) is 12.4 Å². The van der Waals surface area contributed by atoms with E-state index in [1.807, 2.05) is 0 Å². The lowest BCUT2D eigenvalue weighted by Gasteiger charge is -1.94. The number of hydrogen-bond donors (Lipinski definition) is 1. The summed E-state index contributed by atoms with van der Waals surface area (Å²) in [6.45, 7) is 5.07. The van der Waals surface area contributed by atoms with Gasteiger partial charge in [-0.15, -0.1) is 0 Å². The molecule has 0 amide bonds. The predicted octanol–water partition coefficient (Wildman–Crippen LogP) is 2.64. The number of ketones is 1. The molecule has 0 spiro atoms. The van der Waals surface area contributed by atoms with Crippen LogP contribution < -0.4 is 0 Å². The SMILES string of the molecule is C=C(CO)c1cc2cc(C(C)=O)ccc2o1. The van der Waals surface area contributed by atoms with Crippen LogP contribution in [-0.4, -0.2) is 17.5 Å². The molecule has 0 aliphatic carbocycles. The molecule has 0 unspecified atom stereocenters. The average molecular weight is 216 g/mol. The first kappa shape index (κ1) is 10.6. The molecule has 0 radical (unpaired) electrons. The summed E-state index contributed by atoms with van der Waals surface area (Å²) in [4.78, 5) is 11.2. The van der Waals surface area contributed by atoms with E-state index in [4.69, 9.17) is 9.52 Å². The Hall–Kier alpha value is -1.87. The smallest absolute Gasteiger partial charge is 0.159 e. The molecule has 2 aromatic rings. The fraction of sp³-hybridized carbons (Fsp3) is 0.154. The van der Waals surface area contributed by atoms with Gasteiger partial charge in [-0.05, 0) is 31.2 Å². The first-order valence-corrected chi connectivity index (χ1v) is 4.95. The number of carbonyl (C=O) groups is 1. The van der Waals surface area contributed by atoms with E-state index in [1.54, 1.807) is 24.3 Å². The lowest BCUT2D eigenvalue weighted by Crippen LogP contribution is -1.89. The molecule has 0 bridgehead atoms. The molecule has 0 saturated carbocycles. The van der Waals surface area contributed by atoms with Gasteiger partial charge in [0.15, 0.2) is 5.78 Å². The molecular weight excluding hydrogens is 204 g/mol. The first-order chi connectivity index (χ1) is 7.61. The number of aliphatic hydroxyl groups is 1. The summed E-state index contributed by atoms with van der Waals surface area (Å²) in [5.41, 5.74) is 1.87. The maximum Gasteiger partial charge on any atom is 0.159 e. The van der Waals surface area contributed by atoms with E-state index in [0.29, 0.717) is 22.5 Å². The number of rotatable bonds is 3. The van der Waals surface area contributed by atoms with Crippen LogP contribution in [0.1, 0.15) is 23.0 Å². The summed E-state index contributed by atoms with van der Waals surface area (Å²) in [7, 11) is 0. The largest absolute Gasteiger partial charge is 0.456 e. The minimum atomic E-state index is -0.139. The second-order valence-corrected chi connectivity index (χ2v) is 3.68. The molecule has 1 aromatic carbocycles. The van der Waals surface area contributed by atoms with Gasteiger partial charge in [-0.25, -0.2) is 0 Å². The van der Waals surface area contributed by atoms with E-state index in [0.717, 1.165) is 5.39 Å². The van der Waals surface area contributed by atoms with Crippen LogP contribution in [0.5, 0.6) is 0 Å². The number of carbonyl (C=O) groups excluding carboxylic acids is 1. The summed E-state index contributed by atoms with van der Waals surface area (Å²) in [6, 6.07) is 7.02. The third-order valence-electron chi connectivity index (χ3n) is 2.46. The monoisotopic (exact) mass is 216 g/mol. The van der Waals surface area contributed by atoms with Gasteiger partial charge in [0.1, 0.15) is 11.3 Å². The molecule has 3 nitrogen and oxygen atoms in total. The molecule has 0 atom stereocenters. The van der Waals surface area contributed by atoms with Gasteiger partial charge in [-0.3, -0.25) is 4.79 Å². The first-order valence-electron chi connectivity index (χ1n) is 4.95. The fourth-order valence-electron chi connectivity index (χ4n) is 1.51. The fourth-order valence-corrected chi connectivity index (χ4v) is 1.51. The standard InChI is InChI=1S/C13H12O3/c1-8(7-14)13-6-11-5-10(9(2)15)3-4-12(11)16-13/h3-6,14H,1,7H2,2H3. The van der Waals surface area contributed by atoms with Gasteiger partial charge in [-0.1, -0.05) is 6.58 Å². The topological polar surface area (TPSA) is 50.4 Å². The highest BCUT2D eigenvalue weighted by atomic mass is 16.3. The molecule has 0 fully saturated rings. The number of Topliss-reactive ketones (excluding diaryl/α,β-unsaturated/α-hetero) is 1. The summed E-state index contributed by atoms with van der Waals surface area (Å²) in [5, 5.41) is 9.79. The van der Waals surface area contributed by atoms with Crippen LogP contribution in [0.15, 0.2) is 35.3 Å². The van der Waals surface area contributed by atoms with Crippen molar-refractivity contribution < 1.29 is 14.3 Å². The summed E-state index contributed by atoms with van der Waals surface area (Å²) < 4.78 is 5.48. The van der Waals surface area contributed by atoms with Gasteiger partial charge < -0.3 is 9.52 Å². The Morgan fingerprint density at radius 2 is 2.19 bits per heavy atom. The van der Waals surface area contributed by atoms with E-state index in [9.17, 15) is 4.79 Å². The number of aliphatic hydroxyl groups excluding tert-OH is 1. The van der Waals surface area contributed by atoms with Crippen molar-refractivity contribution in [3.05, 3.63) is 42.2 Å². The van der Waals surface area contributed by atoms with Gasteiger partial charge in [0, 0.05) is 16.5 Å². The second-order valence-electron chi connectivity index (χ2n) is 3.68. The third kappa shape index (κ3) is 1.77. The van der Waals surface area contributed by atoms with Gasteiger partial charge in [0.05, 0.1) is 6.61 Å². The molecule has 1 heterocycles. The molecule has 0 saturated heterocycles. The minimum absolute atomic E-state index is 0.0191. The highest BCUT2D eigenvalue weighted by Crippen LogP contribution is 2.24. The van der Waals surface area contributed by atoms with Crippen LogP contribution in [0.25, 0.3) is 16.5 Å². The molecule has 1 aromatic heterocycles. The van der Waals surface area contributed by atoms with Gasteiger partial charge in [0.25, 0.3) is 0 Å². The highest BCUT2D eigenvalue weighted by molar-refractivity contribution is 5.98. The quantitative estimate of drug-likeness (QED) is 0.802. The van der Waals surface area contributed by atoms with Crippen molar-refractivity contribution in [1.29, 1.82) is 0 Å². The molecule has 3 heteroatoms. The van der Waals surface area contributed by atoms with Crippen molar-refractivity contribution in [3.8, 4) is 0 Å². The van der Waals surface area contributed by atoms with Gasteiger partial charge in [-0.2, -0.15) is 0 Å². The van der Waals surface area contributed by atoms with Crippen LogP contribution in [-0.2, 0) is 0 Å². The van der Waals surface area contributed by atoms with E-state index in [1.165, 1.54) is 6.92 Å². The highest BCUT2D eigenvalue weighted by Gasteiger charge is 2.08. The Balaban J connectivity index is 2.54. The molecular formula is C13H12O3. The van der Waals surface area contributed by atoms with Crippen molar-refractivity contribution in [3.63, 3.8) is 0 Å². The lowest BCUT2D eigenvalue weighted by atomic mass is 10.1. The molecule has 16 heavy (non-hydrogen) atoms. The molecule has 82 valence electrons. The van der Waals surface area contributed by atoms with Crippen molar-refractivity contribution in [2.75, 3.05) is 6.61 Å². The Bertz CT molecular complexity index is 564. The van der Waals surface area contributed by atoms with Crippen LogP contribution >= 0.6 is 0 Å². The predicted molar refractivity (Wildman–Crippen MR) is 62.3 cm³/mol. The molecule has 2 rings (SSSR count). The van der Waals surface area contributed by atoms with Gasteiger partial charge >= 0.3 is 0 Å². The zero-order chi connectivity index (χ0) is 11.7. The van der Waals surface area contributed by atoms with E-state index < -0.39 is 0 Å². The van der Waals surface area contributed by atoms with E-state index in [2.05, 4.69) is 6.58 Å². The second kappa shape index (κ2) is 3.94. The lowest BCUT2D eigenvalue weighted by molar-refractivity contribution is 0.101. The maximum atomic E-state index is 11.2. The number of benzene rings is 1. The van der Waals surface area contributed by atoms with E-state index >= 15 is 0 Å². The van der Waals surface area contributed by atoms with Crippen LogP contribution in [0.3, 0.4) is 0 Å². The van der Waals surface area contributed by atoms with Crippen LogP contribution in [0, 0.1) is 0 Å². The number of fused-ring (bicyclic) bond motifs is 1. The Kier molecular flexibility index (Phi) is 2.62. The molecule has 1 N–H and O–H groups in total. The Labute approximate surface area is 93.0 Å². The summed E-state index contributed by atoms with van der Waals surface area (Å²) >= 11 is 0. The molecule has 0 aliphatic rings. The summed E-state index contributed by atoms with van der Waals surface area (Å²) in [5.74, 6) is 0.573. The minimum Gasteiger partial charge on any atom is -0.456 e. The van der Waals surface area contributed by atoms with Crippen LogP contribution in [0.4, 0.5) is 0 Å². The number of hydrogen-bond acceptors (Lipinski definition) is 3. The van der Waals surface area contributed by atoms with Gasteiger partial charge in [0.2, 0.25) is 0 Å². The number of furan rings is 1. The zero-order valence-electron chi connectivity index (χ0n) is 8.99. The van der Waals surface area contributed by atoms with Crippen molar-refractivity contribution in [2.45, 2.75) is 6.92 Å². The Morgan fingerprint density at radius 1 is 1.44 bits per heavy atom.